The third-order valence-electron chi connectivity index (χ3n) is 6.90. The van der Waals surface area contributed by atoms with Crippen LogP contribution in [0.3, 0.4) is 0 Å². The number of nitrogens with one attached hydrogen (secondary N) is 1. The summed E-state index contributed by atoms with van der Waals surface area (Å²) in [5, 5.41) is 18.4. The first-order valence-electron chi connectivity index (χ1n) is 14.0. The SMILES string of the molecule is C=CN(Cc1ccc(C(O)c2cccc(C(=O)C(C)CC)c2)cc1)C(=O)/C=C\C.CCC(=N)c1cc(C)ccc1N. The van der Waals surface area contributed by atoms with Gasteiger partial charge in [-0.3, -0.25) is 9.59 Å². The van der Waals surface area contributed by atoms with Crippen molar-refractivity contribution in [3.05, 3.63) is 125 Å². The Morgan fingerprint density at radius 2 is 1.73 bits per heavy atom. The molecule has 0 heterocycles. The highest BCUT2D eigenvalue weighted by Crippen LogP contribution is 2.25. The summed E-state index contributed by atoms with van der Waals surface area (Å²) in [6, 6.07) is 20.4. The van der Waals surface area contributed by atoms with Crippen LogP contribution >= 0.6 is 0 Å². The lowest BCUT2D eigenvalue weighted by Crippen LogP contribution is -2.22. The topological polar surface area (TPSA) is 107 Å². The van der Waals surface area contributed by atoms with Gasteiger partial charge < -0.3 is 21.1 Å². The van der Waals surface area contributed by atoms with Crippen molar-refractivity contribution >= 4 is 23.1 Å². The fourth-order valence-electron chi connectivity index (χ4n) is 4.12. The summed E-state index contributed by atoms with van der Waals surface area (Å²) in [6.45, 7) is 13.8. The van der Waals surface area contributed by atoms with Crippen molar-refractivity contribution in [1.82, 2.24) is 4.90 Å². The molecule has 1 amide bonds. The Balaban J connectivity index is 0.000000408. The number of amides is 1. The zero-order valence-corrected chi connectivity index (χ0v) is 24.9. The van der Waals surface area contributed by atoms with E-state index < -0.39 is 6.10 Å². The van der Waals surface area contributed by atoms with Crippen molar-refractivity contribution in [2.24, 2.45) is 5.92 Å². The number of carbonyl (C=O) groups is 2. The van der Waals surface area contributed by atoms with E-state index in [9.17, 15) is 14.7 Å². The normalized spacial score (nSPS) is 12.1. The quantitative estimate of drug-likeness (QED) is 0.0995. The van der Waals surface area contributed by atoms with E-state index in [0.717, 1.165) is 35.1 Å². The summed E-state index contributed by atoms with van der Waals surface area (Å²) < 4.78 is 0. The number of ketones is 1. The maximum Gasteiger partial charge on any atom is 0.250 e. The molecule has 0 saturated carbocycles. The molecule has 0 radical (unpaired) electrons. The second-order valence-electron chi connectivity index (χ2n) is 10.0. The summed E-state index contributed by atoms with van der Waals surface area (Å²) in [4.78, 5) is 26.0. The van der Waals surface area contributed by atoms with E-state index >= 15 is 0 Å². The molecule has 0 bridgehead atoms. The number of nitrogens with two attached hydrogens (primary N) is 1. The molecule has 2 atom stereocenters. The number of aliphatic hydroxyl groups is 1. The number of benzene rings is 3. The Hall–Kier alpha value is -4.29. The maximum absolute atomic E-state index is 12.4. The van der Waals surface area contributed by atoms with E-state index in [1.807, 2.05) is 76.2 Å². The minimum Gasteiger partial charge on any atom is -0.398 e. The number of Topliss-reactive ketones (excluding diaryl/α,β-unsaturated/α-hetero) is 1. The zero-order valence-electron chi connectivity index (χ0n) is 24.9. The molecule has 0 aliphatic rings. The fraction of sp³-hybridized carbons (Fsp3) is 0.286. The number of hydrogen-bond donors (Lipinski definition) is 3. The standard InChI is InChI=1S/C25H29NO3.C10H14N2/c1-5-9-23(27)26(7-3)17-19-12-14-20(15-13-19)25(29)22-11-8-10-21(16-22)24(28)18(4)6-2;1-3-9(11)8-6-7(2)4-5-10(8)12/h5,7-16,18,25,29H,3,6,17H2,1-2,4H3;4-6,11H,3,12H2,1-2H3/b9-5-;. The third kappa shape index (κ3) is 9.40. The first-order chi connectivity index (χ1) is 19.6. The second kappa shape index (κ2) is 16.1. The van der Waals surface area contributed by atoms with Gasteiger partial charge >= 0.3 is 0 Å². The molecule has 4 N–H and O–H groups in total. The minimum atomic E-state index is -0.825. The highest BCUT2D eigenvalue weighted by Gasteiger charge is 2.17. The summed E-state index contributed by atoms with van der Waals surface area (Å²) in [7, 11) is 0. The summed E-state index contributed by atoms with van der Waals surface area (Å²) >= 11 is 0. The van der Waals surface area contributed by atoms with Crippen LogP contribution in [0.4, 0.5) is 5.69 Å². The van der Waals surface area contributed by atoms with Gasteiger partial charge in [0.15, 0.2) is 5.78 Å². The van der Waals surface area contributed by atoms with E-state index in [2.05, 4.69) is 6.58 Å². The molecule has 41 heavy (non-hydrogen) atoms. The van der Waals surface area contributed by atoms with Gasteiger partial charge in [-0.1, -0.05) is 87.5 Å². The maximum atomic E-state index is 12.4. The van der Waals surface area contributed by atoms with Crippen LogP contribution in [0.25, 0.3) is 0 Å². The molecule has 3 aromatic rings. The molecule has 0 spiro atoms. The molecular weight excluding hydrogens is 510 g/mol. The van der Waals surface area contributed by atoms with Crippen molar-refractivity contribution in [2.75, 3.05) is 5.73 Å². The lowest BCUT2D eigenvalue weighted by Gasteiger charge is -2.17. The van der Waals surface area contributed by atoms with Crippen LogP contribution in [-0.4, -0.2) is 27.4 Å². The number of allylic oxidation sites excluding steroid dienone is 1. The van der Waals surface area contributed by atoms with Crippen LogP contribution < -0.4 is 5.73 Å². The molecule has 3 rings (SSSR count). The molecule has 0 aromatic heterocycles. The minimum absolute atomic E-state index is 0.0419. The number of anilines is 1. The molecule has 0 saturated heterocycles. The summed E-state index contributed by atoms with van der Waals surface area (Å²) in [6.07, 6.45) is 5.38. The summed E-state index contributed by atoms with van der Waals surface area (Å²) in [5.74, 6) is -0.0821. The number of nitrogens with zero attached hydrogens (tertiary/aromatic N) is 1. The fourth-order valence-corrected chi connectivity index (χ4v) is 4.12. The van der Waals surface area contributed by atoms with Crippen molar-refractivity contribution in [1.29, 1.82) is 5.41 Å². The molecular formula is C35H43N3O3. The number of carbonyl (C=O) groups excluding carboxylic acids is 2. The Bertz CT molecular complexity index is 1380. The first-order valence-corrected chi connectivity index (χ1v) is 14.0. The summed E-state index contributed by atoms with van der Waals surface area (Å²) in [5.41, 5.74) is 12.0. The third-order valence-corrected chi connectivity index (χ3v) is 6.90. The van der Waals surface area contributed by atoms with E-state index in [1.54, 1.807) is 31.2 Å². The van der Waals surface area contributed by atoms with E-state index in [-0.39, 0.29) is 17.6 Å². The molecule has 0 aliphatic carbocycles. The number of aryl methyl sites for hydroxylation is 1. The Morgan fingerprint density at radius 1 is 1.05 bits per heavy atom. The van der Waals surface area contributed by atoms with Gasteiger partial charge in [0.2, 0.25) is 5.91 Å². The van der Waals surface area contributed by atoms with Crippen LogP contribution in [0.1, 0.15) is 84.8 Å². The average Bonchev–Trinajstić information content (AvgIpc) is 3.00. The van der Waals surface area contributed by atoms with Crippen LogP contribution in [-0.2, 0) is 11.3 Å². The molecule has 216 valence electrons. The van der Waals surface area contributed by atoms with Gasteiger partial charge in [0.25, 0.3) is 0 Å². The van der Waals surface area contributed by atoms with Crippen molar-refractivity contribution in [2.45, 2.75) is 60.1 Å². The zero-order chi connectivity index (χ0) is 30.5. The highest BCUT2D eigenvalue weighted by molar-refractivity contribution is 6.02. The molecule has 6 heteroatoms. The Labute approximate surface area is 244 Å². The lowest BCUT2D eigenvalue weighted by molar-refractivity contribution is -0.124. The van der Waals surface area contributed by atoms with Gasteiger partial charge in [0, 0.05) is 34.6 Å². The molecule has 0 fully saturated rings. The van der Waals surface area contributed by atoms with Gasteiger partial charge in [-0.15, -0.1) is 0 Å². The predicted octanol–water partition coefficient (Wildman–Crippen LogP) is 7.40. The first kappa shape index (κ1) is 32.9. The van der Waals surface area contributed by atoms with Gasteiger partial charge in [-0.2, -0.15) is 0 Å². The van der Waals surface area contributed by atoms with Crippen LogP contribution in [0.2, 0.25) is 0 Å². The number of rotatable bonds is 11. The van der Waals surface area contributed by atoms with Crippen LogP contribution in [0.15, 0.2) is 91.7 Å². The van der Waals surface area contributed by atoms with Crippen LogP contribution in [0, 0.1) is 18.3 Å². The second-order valence-corrected chi connectivity index (χ2v) is 10.0. The van der Waals surface area contributed by atoms with Crippen LogP contribution in [0.5, 0.6) is 0 Å². The monoisotopic (exact) mass is 553 g/mol. The largest absolute Gasteiger partial charge is 0.398 e. The average molecular weight is 554 g/mol. The van der Waals surface area contributed by atoms with E-state index in [1.165, 1.54) is 17.2 Å². The van der Waals surface area contributed by atoms with Gasteiger partial charge in [0.05, 0.1) is 6.54 Å². The molecule has 2 unspecified atom stereocenters. The van der Waals surface area contributed by atoms with Gasteiger partial charge in [-0.05, 0) is 67.7 Å². The Kier molecular flexibility index (Phi) is 12.9. The van der Waals surface area contributed by atoms with Crippen molar-refractivity contribution < 1.29 is 14.7 Å². The number of aliphatic hydroxyl groups excluding tert-OH is 1. The lowest BCUT2D eigenvalue weighted by atomic mass is 9.93. The number of nitrogen functional groups attached to an aromatic ring is 1. The van der Waals surface area contributed by atoms with Gasteiger partial charge in [0.1, 0.15) is 6.10 Å². The highest BCUT2D eigenvalue weighted by atomic mass is 16.3. The van der Waals surface area contributed by atoms with E-state index in [0.29, 0.717) is 29.1 Å². The van der Waals surface area contributed by atoms with Crippen molar-refractivity contribution in [3.63, 3.8) is 0 Å². The smallest absolute Gasteiger partial charge is 0.250 e. The predicted molar refractivity (Wildman–Crippen MR) is 169 cm³/mol. The molecule has 3 aromatic carbocycles. The Morgan fingerprint density at radius 3 is 2.32 bits per heavy atom. The van der Waals surface area contributed by atoms with E-state index in [4.69, 9.17) is 11.1 Å². The molecule has 0 aliphatic heterocycles. The van der Waals surface area contributed by atoms with Crippen molar-refractivity contribution in [3.8, 4) is 0 Å². The number of hydrogen-bond acceptors (Lipinski definition) is 5. The van der Waals surface area contributed by atoms with Gasteiger partial charge in [-0.25, -0.2) is 0 Å². The molecule has 6 nitrogen and oxygen atoms in total.